The number of methoxy groups -OCH3 is 2. The van der Waals surface area contributed by atoms with E-state index in [0.717, 1.165) is 19.5 Å². The van der Waals surface area contributed by atoms with Crippen LogP contribution in [0, 0.1) is 5.41 Å². The Hall–Kier alpha value is -0.610. The molecule has 1 aliphatic heterocycles. The summed E-state index contributed by atoms with van der Waals surface area (Å²) in [5.74, 6) is -0.141. The number of carbonyl (C=O) groups excluding carboxylic acids is 1. The van der Waals surface area contributed by atoms with Crippen molar-refractivity contribution in [1.29, 1.82) is 0 Å². The van der Waals surface area contributed by atoms with Crippen LogP contribution in [0.5, 0.6) is 0 Å². The molecule has 0 unspecified atom stereocenters. The number of carbonyl (C=O) groups is 1. The molecule has 1 aliphatic rings. The lowest BCUT2D eigenvalue weighted by Gasteiger charge is -2.20. The van der Waals surface area contributed by atoms with E-state index in [0.29, 0.717) is 6.61 Å². The van der Waals surface area contributed by atoms with Crippen molar-refractivity contribution in [2.45, 2.75) is 6.42 Å². The molecule has 0 aliphatic carbocycles. The lowest BCUT2D eigenvalue weighted by atomic mass is 9.88. The van der Waals surface area contributed by atoms with Crippen LogP contribution in [-0.2, 0) is 14.3 Å². The summed E-state index contributed by atoms with van der Waals surface area (Å²) in [4.78, 5) is 11.4. The van der Waals surface area contributed by atoms with Gasteiger partial charge in [-0.2, -0.15) is 0 Å². The van der Waals surface area contributed by atoms with E-state index >= 15 is 0 Å². The van der Waals surface area contributed by atoms with Crippen molar-refractivity contribution in [3.8, 4) is 0 Å². The van der Waals surface area contributed by atoms with Gasteiger partial charge in [-0.15, -0.1) is 0 Å². The first kappa shape index (κ1) is 9.48. The second-order valence-electron chi connectivity index (χ2n) is 3.24. The highest BCUT2D eigenvalue weighted by molar-refractivity contribution is 5.77. The minimum Gasteiger partial charge on any atom is -0.468 e. The highest BCUT2D eigenvalue weighted by Gasteiger charge is 2.45. The number of hydrogen-bond acceptors (Lipinski definition) is 3. The first-order valence-electron chi connectivity index (χ1n) is 4.14. The maximum absolute atomic E-state index is 11.4. The largest absolute Gasteiger partial charge is 0.468 e. The molecule has 0 saturated carbocycles. The minimum atomic E-state index is -0.385. The van der Waals surface area contributed by atoms with Crippen molar-refractivity contribution in [2.24, 2.45) is 5.41 Å². The molecule has 4 nitrogen and oxygen atoms in total. The van der Waals surface area contributed by atoms with E-state index in [-0.39, 0.29) is 11.4 Å². The van der Waals surface area contributed by atoms with Crippen LogP contribution < -0.4 is 5.32 Å². The summed E-state index contributed by atoms with van der Waals surface area (Å²) in [6, 6.07) is 0. The van der Waals surface area contributed by atoms with Gasteiger partial charge in [0.25, 0.3) is 0 Å². The molecule has 4 heteroatoms. The molecule has 0 aromatic heterocycles. The molecule has 1 atom stereocenters. The maximum atomic E-state index is 11.4. The van der Waals surface area contributed by atoms with Crippen molar-refractivity contribution < 1.29 is 19.6 Å². The third-order valence-corrected chi connectivity index (χ3v) is 2.40. The predicted molar refractivity (Wildman–Crippen MR) is 42.6 cm³/mol. The van der Waals surface area contributed by atoms with E-state index in [1.54, 1.807) is 7.11 Å². The number of hydrogen-bond donors (Lipinski definition) is 1. The molecule has 0 radical (unpaired) electrons. The van der Waals surface area contributed by atoms with Crippen molar-refractivity contribution in [2.75, 3.05) is 33.9 Å². The molecular formula is C8H16NO3+. The summed E-state index contributed by atoms with van der Waals surface area (Å²) in [6.07, 6.45) is 0.855. The van der Waals surface area contributed by atoms with Crippen LogP contribution >= 0.6 is 0 Å². The first-order chi connectivity index (χ1) is 5.75. The number of rotatable bonds is 3. The van der Waals surface area contributed by atoms with Crippen LogP contribution in [-0.4, -0.2) is 39.9 Å². The average Bonchev–Trinajstić information content (AvgIpc) is 2.53. The zero-order chi connectivity index (χ0) is 9.03. The standard InChI is InChI=1S/C8H15NO3/c1-11-6-8(7(10)12-2)3-4-9-5-8/h9H,3-6H2,1-2H3/p+1/t8-/m1/s1. The van der Waals surface area contributed by atoms with Crippen molar-refractivity contribution in [1.82, 2.24) is 0 Å². The first-order valence-corrected chi connectivity index (χ1v) is 4.14. The summed E-state index contributed by atoms with van der Waals surface area (Å²) in [5, 5.41) is 2.12. The monoisotopic (exact) mass is 174 g/mol. The minimum absolute atomic E-state index is 0.141. The Labute approximate surface area is 72.2 Å². The molecule has 0 bridgehead atoms. The SMILES string of the molecule is COC[C@@]1(C(=O)OC)CC[NH2+]C1. The highest BCUT2D eigenvalue weighted by atomic mass is 16.5. The third kappa shape index (κ3) is 1.59. The van der Waals surface area contributed by atoms with Gasteiger partial charge >= 0.3 is 5.97 Å². The van der Waals surface area contributed by atoms with E-state index in [1.807, 2.05) is 0 Å². The molecule has 0 amide bonds. The molecule has 0 aromatic rings. The lowest BCUT2D eigenvalue weighted by Crippen LogP contribution is -2.82. The fraction of sp³-hybridized carbons (Fsp3) is 0.875. The number of ether oxygens (including phenoxy) is 2. The predicted octanol–water partition coefficient (Wildman–Crippen LogP) is -1.24. The Balaban J connectivity index is 2.64. The van der Waals surface area contributed by atoms with Crippen LogP contribution in [0.2, 0.25) is 0 Å². The normalized spacial score (nSPS) is 28.8. The van der Waals surface area contributed by atoms with Crippen LogP contribution in [0.4, 0.5) is 0 Å². The quantitative estimate of drug-likeness (QED) is 0.544. The van der Waals surface area contributed by atoms with Crippen LogP contribution in [0.3, 0.4) is 0 Å². The Morgan fingerprint density at radius 1 is 1.58 bits per heavy atom. The summed E-state index contributed by atoms with van der Waals surface area (Å²) in [6.45, 7) is 2.24. The molecule has 0 spiro atoms. The van der Waals surface area contributed by atoms with Gasteiger partial charge in [0.1, 0.15) is 5.41 Å². The van der Waals surface area contributed by atoms with Crippen molar-refractivity contribution >= 4 is 5.97 Å². The number of esters is 1. The summed E-state index contributed by atoms with van der Waals surface area (Å²) < 4.78 is 9.78. The fourth-order valence-corrected chi connectivity index (χ4v) is 1.73. The molecule has 1 heterocycles. The second-order valence-corrected chi connectivity index (χ2v) is 3.24. The summed E-state index contributed by atoms with van der Waals surface area (Å²) >= 11 is 0. The molecule has 1 rings (SSSR count). The van der Waals surface area contributed by atoms with E-state index in [4.69, 9.17) is 9.47 Å². The number of nitrogens with two attached hydrogens (primary N) is 1. The second kappa shape index (κ2) is 3.87. The van der Waals surface area contributed by atoms with E-state index in [9.17, 15) is 4.79 Å². The fourth-order valence-electron chi connectivity index (χ4n) is 1.73. The molecular weight excluding hydrogens is 158 g/mol. The molecule has 2 N–H and O–H groups in total. The smallest absolute Gasteiger partial charge is 0.320 e. The van der Waals surface area contributed by atoms with E-state index in [1.165, 1.54) is 7.11 Å². The van der Waals surface area contributed by atoms with Crippen molar-refractivity contribution in [3.05, 3.63) is 0 Å². The Morgan fingerprint density at radius 2 is 2.33 bits per heavy atom. The summed E-state index contributed by atoms with van der Waals surface area (Å²) in [5.41, 5.74) is -0.385. The molecule has 1 fully saturated rings. The van der Waals surface area contributed by atoms with Gasteiger partial charge in [-0.05, 0) is 0 Å². The van der Waals surface area contributed by atoms with Gasteiger partial charge in [-0.25, -0.2) is 0 Å². The summed E-state index contributed by atoms with van der Waals surface area (Å²) in [7, 11) is 3.04. The van der Waals surface area contributed by atoms with Gasteiger partial charge in [-0.1, -0.05) is 0 Å². The van der Waals surface area contributed by atoms with E-state index in [2.05, 4.69) is 5.32 Å². The third-order valence-electron chi connectivity index (χ3n) is 2.40. The number of quaternary nitrogens is 1. The van der Waals surface area contributed by atoms with Crippen LogP contribution in [0.15, 0.2) is 0 Å². The highest BCUT2D eigenvalue weighted by Crippen LogP contribution is 2.24. The lowest BCUT2D eigenvalue weighted by molar-refractivity contribution is -0.640. The van der Waals surface area contributed by atoms with Gasteiger partial charge < -0.3 is 14.8 Å². The Bertz CT molecular complexity index is 164. The van der Waals surface area contributed by atoms with Crippen LogP contribution in [0.1, 0.15) is 6.42 Å². The van der Waals surface area contributed by atoms with Crippen molar-refractivity contribution in [3.63, 3.8) is 0 Å². The Morgan fingerprint density at radius 3 is 2.75 bits per heavy atom. The van der Waals surface area contributed by atoms with Gasteiger partial charge in [0.05, 0.1) is 26.8 Å². The maximum Gasteiger partial charge on any atom is 0.320 e. The zero-order valence-electron chi connectivity index (χ0n) is 7.63. The van der Waals surface area contributed by atoms with Gasteiger partial charge in [0.15, 0.2) is 0 Å². The van der Waals surface area contributed by atoms with Gasteiger partial charge in [0, 0.05) is 13.5 Å². The average molecular weight is 174 g/mol. The van der Waals surface area contributed by atoms with Gasteiger partial charge in [-0.3, -0.25) is 4.79 Å². The molecule has 1 saturated heterocycles. The van der Waals surface area contributed by atoms with Crippen LogP contribution in [0.25, 0.3) is 0 Å². The Kier molecular flexibility index (Phi) is 3.05. The molecule has 12 heavy (non-hydrogen) atoms. The van der Waals surface area contributed by atoms with E-state index < -0.39 is 0 Å². The molecule has 0 aromatic carbocycles. The topological polar surface area (TPSA) is 52.1 Å². The van der Waals surface area contributed by atoms with Gasteiger partial charge in [0.2, 0.25) is 0 Å². The zero-order valence-corrected chi connectivity index (χ0v) is 7.63. The molecule has 70 valence electrons.